The maximum absolute atomic E-state index is 4.60. The Labute approximate surface area is 204 Å². The minimum Gasteiger partial charge on any atom is -0.356 e. The fraction of sp³-hybridized carbons (Fsp3) is 0.818. The zero-order valence-electron chi connectivity index (χ0n) is 18.9. The molecule has 0 aromatic carbocycles. The van der Waals surface area contributed by atoms with E-state index in [1.807, 2.05) is 7.05 Å². The monoisotopic (exact) mass is 548 g/mol. The van der Waals surface area contributed by atoms with E-state index in [2.05, 4.69) is 42.7 Å². The smallest absolute Gasteiger partial charge is 0.190 e. The van der Waals surface area contributed by atoms with Crippen LogP contribution in [0.3, 0.4) is 0 Å². The van der Waals surface area contributed by atoms with Gasteiger partial charge in [0.15, 0.2) is 5.96 Å². The van der Waals surface area contributed by atoms with E-state index in [-0.39, 0.29) is 24.0 Å². The Bertz CT molecular complexity index is 607. The van der Waals surface area contributed by atoms with Crippen molar-refractivity contribution in [1.82, 2.24) is 25.4 Å². The molecule has 2 saturated heterocycles. The van der Waals surface area contributed by atoms with Crippen molar-refractivity contribution in [2.45, 2.75) is 58.4 Å². The van der Waals surface area contributed by atoms with Crippen molar-refractivity contribution >= 4 is 41.3 Å². The lowest BCUT2D eigenvalue weighted by atomic mass is 9.97. The van der Waals surface area contributed by atoms with Crippen LogP contribution in [-0.2, 0) is 6.54 Å². The van der Waals surface area contributed by atoms with E-state index >= 15 is 0 Å². The van der Waals surface area contributed by atoms with Gasteiger partial charge in [0.25, 0.3) is 0 Å². The van der Waals surface area contributed by atoms with Crippen LogP contribution in [0.15, 0.2) is 10.4 Å². The summed E-state index contributed by atoms with van der Waals surface area (Å²) >= 11 is 1.75. The van der Waals surface area contributed by atoms with Crippen LogP contribution in [0, 0.1) is 12.8 Å². The fourth-order valence-electron chi connectivity index (χ4n) is 4.39. The number of aryl methyl sites for hydroxylation is 1. The molecular formula is C22H41IN6S. The lowest BCUT2D eigenvalue weighted by Crippen LogP contribution is -2.43. The van der Waals surface area contributed by atoms with E-state index in [1.165, 1.54) is 88.4 Å². The molecule has 3 rings (SSSR count). The molecule has 0 unspecified atom stereocenters. The van der Waals surface area contributed by atoms with Gasteiger partial charge in [-0.2, -0.15) is 0 Å². The highest BCUT2D eigenvalue weighted by Crippen LogP contribution is 2.19. The first-order valence-electron chi connectivity index (χ1n) is 11.5. The molecule has 1 aromatic heterocycles. The summed E-state index contributed by atoms with van der Waals surface area (Å²) in [4.78, 5) is 14.2. The van der Waals surface area contributed by atoms with Crippen LogP contribution in [0.1, 0.15) is 55.6 Å². The van der Waals surface area contributed by atoms with Crippen molar-refractivity contribution < 1.29 is 0 Å². The predicted molar refractivity (Wildman–Crippen MR) is 139 cm³/mol. The molecule has 0 radical (unpaired) electrons. The molecule has 2 aliphatic heterocycles. The van der Waals surface area contributed by atoms with Crippen molar-refractivity contribution in [2.75, 3.05) is 52.9 Å². The van der Waals surface area contributed by atoms with Crippen LogP contribution in [0.2, 0.25) is 0 Å². The summed E-state index contributed by atoms with van der Waals surface area (Å²) in [5, 5.41) is 10.4. The quantitative estimate of drug-likeness (QED) is 0.225. The normalized spacial score (nSPS) is 19.9. The molecule has 3 heterocycles. The van der Waals surface area contributed by atoms with Gasteiger partial charge in [0.2, 0.25) is 0 Å². The summed E-state index contributed by atoms with van der Waals surface area (Å²) in [5.41, 5.74) is 1.23. The third-order valence-corrected chi connectivity index (χ3v) is 7.01. The molecule has 2 N–H and O–H groups in total. The number of piperidine rings is 1. The summed E-state index contributed by atoms with van der Waals surface area (Å²) in [5.74, 6) is 1.69. The van der Waals surface area contributed by atoms with E-state index < -0.39 is 0 Å². The number of hydrogen-bond acceptors (Lipinski definition) is 5. The number of thiazole rings is 1. The second-order valence-electron chi connectivity index (χ2n) is 8.57. The topological polar surface area (TPSA) is 55.8 Å². The third-order valence-electron chi connectivity index (χ3n) is 6.18. The first-order chi connectivity index (χ1) is 14.2. The highest BCUT2D eigenvalue weighted by atomic mass is 127. The zero-order valence-corrected chi connectivity index (χ0v) is 22.0. The fourth-order valence-corrected chi connectivity index (χ4v) is 4.99. The van der Waals surface area contributed by atoms with Crippen LogP contribution in [0.5, 0.6) is 0 Å². The molecule has 172 valence electrons. The summed E-state index contributed by atoms with van der Waals surface area (Å²) < 4.78 is 0. The Morgan fingerprint density at radius 2 is 1.83 bits per heavy atom. The molecule has 0 aliphatic carbocycles. The maximum Gasteiger partial charge on any atom is 0.190 e. The number of aromatic nitrogens is 1. The van der Waals surface area contributed by atoms with Crippen LogP contribution in [0.25, 0.3) is 0 Å². The zero-order chi connectivity index (χ0) is 20.3. The van der Waals surface area contributed by atoms with Crippen molar-refractivity contribution in [2.24, 2.45) is 10.9 Å². The van der Waals surface area contributed by atoms with Gasteiger partial charge in [0.1, 0.15) is 0 Å². The van der Waals surface area contributed by atoms with E-state index in [9.17, 15) is 0 Å². The number of halogens is 1. The Kier molecular flexibility index (Phi) is 12.5. The van der Waals surface area contributed by atoms with Gasteiger partial charge >= 0.3 is 0 Å². The number of guanidine groups is 1. The minimum atomic E-state index is 0. The Morgan fingerprint density at radius 3 is 2.47 bits per heavy atom. The average Bonchev–Trinajstić information content (AvgIpc) is 2.98. The molecule has 1 aromatic rings. The van der Waals surface area contributed by atoms with Crippen molar-refractivity contribution in [3.8, 4) is 0 Å². The lowest BCUT2D eigenvalue weighted by Gasteiger charge is -2.31. The number of likely N-dealkylation sites (tertiary alicyclic amines) is 2. The first kappa shape index (κ1) is 25.8. The van der Waals surface area contributed by atoms with Gasteiger partial charge in [-0.15, -0.1) is 35.3 Å². The van der Waals surface area contributed by atoms with Gasteiger partial charge in [0.05, 0.1) is 10.7 Å². The molecule has 2 fully saturated rings. The van der Waals surface area contributed by atoms with Crippen LogP contribution < -0.4 is 10.6 Å². The maximum atomic E-state index is 4.60. The molecule has 8 heteroatoms. The second kappa shape index (κ2) is 14.6. The number of aliphatic imine (C=N–C) groups is 1. The number of nitrogens with zero attached hydrogens (tertiary/aromatic N) is 4. The molecular weight excluding hydrogens is 507 g/mol. The molecule has 30 heavy (non-hydrogen) atoms. The Balaban J connectivity index is 0.00000320. The van der Waals surface area contributed by atoms with Crippen LogP contribution in [-0.4, -0.2) is 73.6 Å². The van der Waals surface area contributed by atoms with Crippen molar-refractivity contribution in [3.05, 3.63) is 16.1 Å². The van der Waals surface area contributed by atoms with Gasteiger partial charge in [-0.3, -0.25) is 9.89 Å². The summed E-state index contributed by atoms with van der Waals surface area (Å²) in [6.07, 6.45) is 9.26. The SMILES string of the molecule is CN=C(NCCCN1CCCCCC1)NCC1CCN(Cc2csc(C)n2)CC1.I. The highest BCUT2D eigenvalue weighted by molar-refractivity contribution is 14.0. The van der Waals surface area contributed by atoms with Gasteiger partial charge < -0.3 is 15.5 Å². The first-order valence-corrected chi connectivity index (χ1v) is 12.4. The largest absolute Gasteiger partial charge is 0.356 e. The number of nitrogens with one attached hydrogen (secondary N) is 2. The highest BCUT2D eigenvalue weighted by Gasteiger charge is 2.20. The molecule has 0 bridgehead atoms. The molecule has 0 atom stereocenters. The Morgan fingerprint density at radius 1 is 1.10 bits per heavy atom. The lowest BCUT2D eigenvalue weighted by molar-refractivity contribution is 0.176. The third kappa shape index (κ3) is 9.36. The molecule has 2 aliphatic rings. The minimum absolute atomic E-state index is 0. The average molecular weight is 549 g/mol. The molecule has 0 saturated carbocycles. The van der Waals surface area contributed by atoms with Gasteiger partial charge in [-0.05, 0) is 77.7 Å². The second-order valence-corrected chi connectivity index (χ2v) is 9.63. The van der Waals surface area contributed by atoms with Gasteiger partial charge in [-0.25, -0.2) is 4.98 Å². The molecule has 0 amide bonds. The van der Waals surface area contributed by atoms with E-state index in [0.717, 1.165) is 31.5 Å². The van der Waals surface area contributed by atoms with Crippen molar-refractivity contribution in [1.29, 1.82) is 0 Å². The summed E-state index contributed by atoms with van der Waals surface area (Å²) in [7, 11) is 1.88. The number of rotatable bonds is 8. The molecule has 6 nitrogen and oxygen atoms in total. The van der Waals surface area contributed by atoms with Crippen LogP contribution in [0.4, 0.5) is 0 Å². The van der Waals surface area contributed by atoms with E-state index in [4.69, 9.17) is 0 Å². The van der Waals surface area contributed by atoms with Crippen molar-refractivity contribution in [3.63, 3.8) is 0 Å². The molecule has 0 spiro atoms. The standard InChI is InChI=1S/C22H40N6S.HI/c1-19-26-21(18-29-19)17-28-14-8-20(9-15-28)16-25-22(23-2)24-10-7-13-27-11-5-3-4-6-12-27;/h18,20H,3-17H2,1-2H3,(H2,23,24,25);1H. The number of hydrogen-bond donors (Lipinski definition) is 2. The summed E-state index contributed by atoms with van der Waals surface area (Å²) in [6, 6.07) is 0. The summed E-state index contributed by atoms with van der Waals surface area (Å²) in [6.45, 7) is 11.2. The van der Waals surface area contributed by atoms with Crippen LogP contribution >= 0.6 is 35.3 Å². The van der Waals surface area contributed by atoms with E-state index in [1.54, 1.807) is 11.3 Å². The van der Waals surface area contributed by atoms with Gasteiger partial charge in [0, 0.05) is 32.1 Å². The predicted octanol–water partition coefficient (Wildman–Crippen LogP) is 3.71. The van der Waals surface area contributed by atoms with E-state index in [0.29, 0.717) is 0 Å². The van der Waals surface area contributed by atoms with Gasteiger partial charge in [-0.1, -0.05) is 12.8 Å². The Hall–Kier alpha value is -0.450.